The first kappa shape index (κ1) is 18.4. The van der Waals surface area contributed by atoms with Crippen molar-refractivity contribution in [3.05, 3.63) is 65.7 Å². The zero-order valence-corrected chi connectivity index (χ0v) is 14.7. The molecule has 0 atom stereocenters. The molecule has 0 aromatic heterocycles. The molecule has 0 aliphatic heterocycles. The molecular formula is C19H18N2O3S. The van der Waals surface area contributed by atoms with Crippen molar-refractivity contribution in [2.24, 2.45) is 0 Å². The standard InChI is InChI=1S/C19H18N2O3S/c1-13(22)15-7-5-8-16(12-15)20-19(25)21-18(23)11-10-14-6-3-4-9-17(14)24-2/h3-12H,1-2H3,(H2,20,21,23,25)/b11-10+. The number of thiocarbonyl (C=S) groups is 1. The van der Waals surface area contributed by atoms with Crippen LogP contribution < -0.4 is 15.4 Å². The molecule has 0 spiro atoms. The number of Topliss-reactive ketones (excluding diaryl/α,β-unsaturated/α-hetero) is 1. The Balaban J connectivity index is 1.96. The summed E-state index contributed by atoms with van der Waals surface area (Å²) in [6.45, 7) is 1.49. The van der Waals surface area contributed by atoms with Gasteiger partial charge >= 0.3 is 0 Å². The van der Waals surface area contributed by atoms with E-state index in [0.29, 0.717) is 17.0 Å². The Kier molecular flexibility index (Phi) is 6.42. The van der Waals surface area contributed by atoms with E-state index in [0.717, 1.165) is 5.56 Å². The lowest BCUT2D eigenvalue weighted by Crippen LogP contribution is -2.32. The minimum Gasteiger partial charge on any atom is -0.496 e. The molecule has 2 aromatic carbocycles. The number of ether oxygens (including phenoxy) is 1. The van der Waals surface area contributed by atoms with Gasteiger partial charge in [0.25, 0.3) is 0 Å². The summed E-state index contributed by atoms with van der Waals surface area (Å²) >= 11 is 5.11. The molecule has 2 aromatic rings. The van der Waals surface area contributed by atoms with Crippen LogP contribution in [0.2, 0.25) is 0 Å². The van der Waals surface area contributed by atoms with E-state index < -0.39 is 0 Å². The largest absolute Gasteiger partial charge is 0.496 e. The van der Waals surface area contributed by atoms with E-state index >= 15 is 0 Å². The molecule has 0 saturated carbocycles. The number of hydrogen-bond acceptors (Lipinski definition) is 4. The number of anilines is 1. The molecule has 5 nitrogen and oxygen atoms in total. The Morgan fingerprint density at radius 1 is 1.12 bits per heavy atom. The molecule has 0 saturated heterocycles. The molecule has 0 bridgehead atoms. The lowest BCUT2D eigenvalue weighted by Gasteiger charge is -2.09. The highest BCUT2D eigenvalue weighted by Crippen LogP contribution is 2.18. The Bertz CT molecular complexity index is 831. The highest BCUT2D eigenvalue weighted by atomic mass is 32.1. The van der Waals surface area contributed by atoms with E-state index in [1.54, 1.807) is 37.5 Å². The van der Waals surface area contributed by atoms with E-state index in [2.05, 4.69) is 10.6 Å². The van der Waals surface area contributed by atoms with Crippen LogP contribution in [0.4, 0.5) is 5.69 Å². The second-order valence-corrected chi connectivity index (χ2v) is 5.56. The van der Waals surface area contributed by atoms with Gasteiger partial charge in [0.15, 0.2) is 10.9 Å². The van der Waals surface area contributed by atoms with Crippen molar-refractivity contribution in [3.8, 4) is 5.75 Å². The molecule has 0 aliphatic carbocycles. The minimum atomic E-state index is -0.369. The van der Waals surface area contributed by atoms with Crippen LogP contribution in [0.25, 0.3) is 6.08 Å². The molecule has 0 heterocycles. The van der Waals surface area contributed by atoms with Gasteiger partial charge in [0.1, 0.15) is 5.75 Å². The van der Waals surface area contributed by atoms with Gasteiger partial charge in [-0.05, 0) is 43.4 Å². The van der Waals surface area contributed by atoms with Gasteiger partial charge in [0.2, 0.25) is 5.91 Å². The second-order valence-electron chi connectivity index (χ2n) is 5.16. The maximum atomic E-state index is 12.0. The van der Waals surface area contributed by atoms with Crippen molar-refractivity contribution in [2.45, 2.75) is 6.92 Å². The van der Waals surface area contributed by atoms with E-state index in [1.807, 2.05) is 24.3 Å². The van der Waals surface area contributed by atoms with Crippen LogP contribution in [0.1, 0.15) is 22.8 Å². The SMILES string of the molecule is COc1ccccc1/C=C/C(=O)NC(=S)Nc1cccc(C(C)=O)c1. The number of nitrogens with one attached hydrogen (secondary N) is 2. The zero-order chi connectivity index (χ0) is 18.2. The summed E-state index contributed by atoms with van der Waals surface area (Å²) in [6.07, 6.45) is 3.02. The van der Waals surface area contributed by atoms with Crippen molar-refractivity contribution >= 4 is 40.8 Å². The number of ketones is 1. The average Bonchev–Trinajstić information content (AvgIpc) is 2.60. The minimum absolute atomic E-state index is 0.0432. The van der Waals surface area contributed by atoms with Crippen LogP contribution in [-0.4, -0.2) is 23.9 Å². The van der Waals surface area contributed by atoms with Crippen LogP contribution in [0.15, 0.2) is 54.6 Å². The molecule has 0 unspecified atom stereocenters. The van der Waals surface area contributed by atoms with Gasteiger partial charge in [-0.2, -0.15) is 0 Å². The molecule has 0 aliphatic rings. The molecule has 25 heavy (non-hydrogen) atoms. The summed E-state index contributed by atoms with van der Waals surface area (Å²) in [4.78, 5) is 23.4. The summed E-state index contributed by atoms with van der Waals surface area (Å²) in [6, 6.07) is 14.2. The van der Waals surface area contributed by atoms with Crippen molar-refractivity contribution in [3.63, 3.8) is 0 Å². The number of benzene rings is 2. The number of amides is 1. The van der Waals surface area contributed by atoms with E-state index in [9.17, 15) is 9.59 Å². The van der Waals surface area contributed by atoms with Gasteiger partial charge in [-0.3, -0.25) is 14.9 Å². The Morgan fingerprint density at radius 3 is 2.60 bits per heavy atom. The van der Waals surface area contributed by atoms with Crippen molar-refractivity contribution in [1.82, 2.24) is 5.32 Å². The first-order valence-corrected chi connectivity index (χ1v) is 7.94. The monoisotopic (exact) mass is 354 g/mol. The molecule has 0 radical (unpaired) electrons. The lowest BCUT2D eigenvalue weighted by molar-refractivity contribution is -0.115. The van der Waals surface area contributed by atoms with Crippen molar-refractivity contribution < 1.29 is 14.3 Å². The van der Waals surface area contributed by atoms with Crippen LogP contribution in [0.3, 0.4) is 0 Å². The third-order valence-electron chi connectivity index (χ3n) is 3.32. The maximum Gasteiger partial charge on any atom is 0.250 e. The zero-order valence-electron chi connectivity index (χ0n) is 13.9. The smallest absolute Gasteiger partial charge is 0.250 e. The van der Waals surface area contributed by atoms with Crippen LogP contribution >= 0.6 is 12.2 Å². The molecule has 6 heteroatoms. The topological polar surface area (TPSA) is 67.4 Å². The Hall–Kier alpha value is -2.99. The summed E-state index contributed by atoms with van der Waals surface area (Å²) in [5.41, 5.74) is 1.98. The van der Waals surface area contributed by atoms with E-state index in [1.165, 1.54) is 13.0 Å². The third-order valence-corrected chi connectivity index (χ3v) is 3.52. The summed E-state index contributed by atoms with van der Waals surface area (Å²) in [5, 5.41) is 5.58. The number of para-hydroxylation sites is 1. The first-order chi connectivity index (χ1) is 12.0. The molecule has 1 amide bonds. The normalized spacial score (nSPS) is 10.3. The molecule has 0 fully saturated rings. The average molecular weight is 354 g/mol. The first-order valence-electron chi connectivity index (χ1n) is 7.53. The fraction of sp³-hybridized carbons (Fsp3) is 0.105. The summed E-state index contributed by atoms with van der Waals surface area (Å²) in [5.74, 6) is 0.262. The predicted octanol–water partition coefficient (Wildman–Crippen LogP) is 3.42. The van der Waals surface area contributed by atoms with Gasteiger partial charge < -0.3 is 10.1 Å². The Morgan fingerprint density at radius 2 is 1.88 bits per heavy atom. The van der Waals surface area contributed by atoms with Crippen molar-refractivity contribution in [2.75, 3.05) is 12.4 Å². The number of hydrogen-bond donors (Lipinski definition) is 2. The van der Waals surface area contributed by atoms with Gasteiger partial charge in [-0.15, -0.1) is 0 Å². The number of rotatable bonds is 5. The highest BCUT2D eigenvalue weighted by Gasteiger charge is 2.05. The fourth-order valence-corrected chi connectivity index (χ4v) is 2.32. The van der Waals surface area contributed by atoms with Crippen molar-refractivity contribution in [1.29, 1.82) is 0 Å². The number of carbonyl (C=O) groups is 2. The highest BCUT2D eigenvalue weighted by molar-refractivity contribution is 7.80. The van der Waals surface area contributed by atoms with Gasteiger partial charge in [0, 0.05) is 22.9 Å². The molecule has 2 rings (SSSR count). The maximum absolute atomic E-state index is 12.0. The summed E-state index contributed by atoms with van der Waals surface area (Å²) < 4.78 is 5.22. The van der Waals surface area contributed by atoms with Gasteiger partial charge in [-0.25, -0.2) is 0 Å². The number of carbonyl (C=O) groups excluding carboxylic acids is 2. The number of methoxy groups -OCH3 is 1. The Labute approximate surface area is 151 Å². The van der Waals surface area contributed by atoms with Gasteiger partial charge in [-0.1, -0.05) is 30.3 Å². The second kappa shape index (κ2) is 8.75. The molecular weight excluding hydrogens is 336 g/mol. The lowest BCUT2D eigenvalue weighted by atomic mass is 10.1. The summed E-state index contributed by atoms with van der Waals surface area (Å²) in [7, 11) is 1.57. The fourth-order valence-electron chi connectivity index (χ4n) is 2.10. The third kappa shape index (κ3) is 5.54. The van der Waals surface area contributed by atoms with Crippen LogP contribution in [-0.2, 0) is 4.79 Å². The van der Waals surface area contributed by atoms with E-state index in [4.69, 9.17) is 17.0 Å². The quantitative estimate of drug-likeness (QED) is 0.489. The van der Waals surface area contributed by atoms with Crippen LogP contribution in [0, 0.1) is 0 Å². The van der Waals surface area contributed by atoms with E-state index in [-0.39, 0.29) is 16.8 Å². The molecule has 128 valence electrons. The molecule has 2 N–H and O–H groups in total. The van der Waals surface area contributed by atoms with Gasteiger partial charge in [0.05, 0.1) is 7.11 Å². The van der Waals surface area contributed by atoms with Crippen LogP contribution in [0.5, 0.6) is 5.75 Å². The predicted molar refractivity (Wildman–Crippen MR) is 103 cm³/mol.